The number of allylic oxidation sites excluding steroid dienone is 1. The summed E-state index contributed by atoms with van der Waals surface area (Å²) in [7, 11) is 0. The zero-order chi connectivity index (χ0) is 31.0. The lowest BCUT2D eigenvalue weighted by atomic mass is 9.88. The predicted molar refractivity (Wildman–Crippen MR) is 188 cm³/mol. The molecule has 6 heteroatoms. The number of pyridine rings is 1. The number of amidine groups is 2. The van der Waals surface area contributed by atoms with Crippen molar-refractivity contribution in [3.05, 3.63) is 167 Å². The number of hydrogen-bond donors (Lipinski definition) is 3. The molecule has 2 heterocycles. The van der Waals surface area contributed by atoms with E-state index in [1.807, 2.05) is 103 Å². The van der Waals surface area contributed by atoms with E-state index in [2.05, 4.69) is 41.7 Å². The van der Waals surface area contributed by atoms with Gasteiger partial charge in [-0.15, -0.1) is 0 Å². The molecule has 6 nitrogen and oxygen atoms in total. The number of hydrogen-bond acceptors (Lipinski definition) is 6. The van der Waals surface area contributed by atoms with Crippen LogP contribution in [0.2, 0.25) is 0 Å². The highest BCUT2D eigenvalue weighted by molar-refractivity contribution is 6.54. The van der Waals surface area contributed by atoms with Crippen LogP contribution in [-0.4, -0.2) is 28.1 Å². The maximum absolute atomic E-state index is 8.83. The highest BCUT2D eigenvalue weighted by Crippen LogP contribution is 2.35. The van der Waals surface area contributed by atoms with Crippen molar-refractivity contribution in [1.82, 2.24) is 10.3 Å². The smallest absolute Gasteiger partial charge is 0.169 e. The van der Waals surface area contributed by atoms with Crippen LogP contribution in [0, 0.1) is 10.8 Å². The normalized spacial score (nSPS) is 15.6. The number of aliphatic imine (C=N–C) groups is 2. The summed E-state index contributed by atoms with van der Waals surface area (Å²) in [5, 5.41) is 21.5. The molecule has 0 radical (unpaired) electrons. The number of aromatic nitrogens is 1. The fourth-order valence-corrected chi connectivity index (χ4v) is 6.03. The van der Waals surface area contributed by atoms with Gasteiger partial charge in [0.1, 0.15) is 11.7 Å². The van der Waals surface area contributed by atoms with Gasteiger partial charge in [0.05, 0.1) is 22.6 Å². The standard InChI is InChI=1S/C40H28N6/c41-33-23-22-32-35(36(33)42)31-21-20-30(24-34(31)43-37(32)27-12-6-2-7-13-27)40-45-38(28-14-8-3-9-15-28)44-39(46-40)29-18-16-26(17-19-29)25-10-4-1-5-11-25/h1-24,39,41-42H,(H,44,45,46). The maximum atomic E-state index is 8.83. The van der Waals surface area contributed by atoms with Crippen molar-refractivity contribution in [3.8, 4) is 22.4 Å². The molecule has 5 aromatic carbocycles. The van der Waals surface area contributed by atoms with Crippen LogP contribution in [0.3, 0.4) is 0 Å². The van der Waals surface area contributed by atoms with Gasteiger partial charge in [-0.1, -0.05) is 127 Å². The molecule has 0 bridgehead atoms. The molecule has 8 rings (SSSR count). The lowest BCUT2D eigenvalue weighted by molar-refractivity contribution is 0.756. The van der Waals surface area contributed by atoms with Gasteiger partial charge in [-0.05, 0) is 34.9 Å². The minimum Gasteiger partial charge on any atom is -0.324 e. The zero-order valence-corrected chi connectivity index (χ0v) is 24.8. The van der Waals surface area contributed by atoms with Gasteiger partial charge in [-0.3, -0.25) is 10.8 Å². The second-order valence-electron chi connectivity index (χ2n) is 11.3. The lowest BCUT2D eigenvalue weighted by Gasteiger charge is -2.23. The predicted octanol–water partition coefficient (Wildman–Crippen LogP) is 8.48. The summed E-state index contributed by atoms with van der Waals surface area (Å²) in [6.07, 6.45) is 3.14. The third-order valence-corrected chi connectivity index (χ3v) is 8.38. The average molecular weight is 593 g/mol. The molecule has 0 amide bonds. The molecule has 1 unspecified atom stereocenters. The van der Waals surface area contributed by atoms with E-state index in [9.17, 15) is 0 Å². The third kappa shape index (κ3) is 4.92. The van der Waals surface area contributed by atoms with Crippen LogP contribution in [0.4, 0.5) is 0 Å². The van der Waals surface area contributed by atoms with Crippen molar-refractivity contribution >= 4 is 40.1 Å². The third-order valence-electron chi connectivity index (χ3n) is 8.38. The van der Waals surface area contributed by atoms with Crippen molar-refractivity contribution in [2.45, 2.75) is 6.17 Å². The number of nitrogens with zero attached hydrogens (tertiary/aromatic N) is 3. The summed E-state index contributed by atoms with van der Waals surface area (Å²) < 4.78 is 0. The minimum atomic E-state index is -0.442. The Morgan fingerprint density at radius 2 is 1.11 bits per heavy atom. The van der Waals surface area contributed by atoms with E-state index in [4.69, 9.17) is 25.8 Å². The van der Waals surface area contributed by atoms with Crippen molar-refractivity contribution < 1.29 is 0 Å². The quantitative estimate of drug-likeness (QED) is 0.187. The first-order valence-electron chi connectivity index (χ1n) is 15.2. The Morgan fingerprint density at radius 1 is 0.543 bits per heavy atom. The summed E-state index contributed by atoms with van der Waals surface area (Å²) in [6, 6.07) is 44.9. The molecular weight excluding hydrogens is 564 g/mol. The maximum Gasteiger partial charge on any atom is 0.169 e. The summed E-state index contributed by atoms with van der Waals surface area (Å²) in [5.74, 6) is 1.43. The molecule has 46 heavy (non-hydrogen) atoms. The Balaban J connectivity index is 1.25. The molecule has 0 fully saturated rings. The van der Waals surface area contributed by atoms with E-state index >= 15 is 0 Å². The van der Waals surface area contributed by atoms with Crippen LogP contribution in [0.15, 0.2) is 150 Å². The molecule has 1 atom stereocenters. The number of benzene rings is 5. The molecule has 1 aromatic heterocycles. The van der Waals surface area contributed by atoms with Crippen molar-refractivity contribution in [3.63, 3.8) is 0 Å². The first-order valence-corrected chi connectivity index (χ1v) is 15.2. The van der Waals surface area contributed by atoms with Crippen LogP contribution in [0.1, 0.15) is 34.0 Å². The van der Waals surface area contributed by atoms with Gasteiger partial charge in [0.25, 0.3) is 0 Å². The summed E-state index contributed by atoms with van der Waals surface area (Å²) >= 11 is 0. The molecule has 6 aromatic rings. The molecule has 218 valence electrons. The van der Waals surface area contributed by atoms with E-state index in [1.54, 1.807) is 6.08 Å². The topological polar surface area (TPSA) is 97.3 Å². The van der Waals surface area contributed by atoms with E-state index in [0.29, 0.717) is 5.84 Å². The molecule has 1 aliphatic carbocycles. The highest BCUT2D eigenvalue weighted by Gasteiger charge is 2.25. The van der Waals surface area contributed by atoms with Crippen molar-refractivity contribution in [2.75, 3.05) is 0 Å². The van der Waals surface area contributed by atoms with E-state index in [0.717, 1.165) is 66.9 Å². The Kier molecular flexibility index (Phi) is 6.73. The molecule has 0 saturated carbocycles. The Hall–Kier alpha value is -6.27. The molecule has 0 spiro atoms. The van der Waals surface area contributed by atoms with Gasteiger partial charge < -0.3 is 5.32 Å². The molecule has 3 N–H and O–H groups in total. The second kappa shape index (κ2) is 11.3. The minimum absolute atomic E-state index is 0.186. The zero-order valence-electron chi connectivity index (χ0n) is 24.8. The molecule has 2 aliphatic rings. The summed E-state index contributed by atoms with van der Waals surface area (Å²) in [5.41, 5.74) is 9.58. The average Bonchev–Trinajstić information content (AvgIpc) is 3.13. The Morgan fingerprint density at radius 3 is 1.78 bits per heavy atom. The van der Waals surface area contributed by atoms with Gasteiger partial charge >= 0.3 is 0 Å². The number of rotatable bonds is 5. The first-order chi connectivity index (χ1) is 22.6. The fraction of sp³-hybridized carbons (Fsp3) is 0.0250. The summed E-state index contributed by atoms with van der Waals surface area (Å²) in [4.78, 5) is 15.3. The Labute approximate surface area is 266 Å². The van der Waals surface area contributed by atoms with Crippen LogP contribution in [-0.2, 0) is 0 Å². The van der Waals surface area contributed by atoms with Gasteiger partial charge in [0.2, 0.25) is 0 Å². The van der Waals surface area contributed by atoms with E-state index in [1.165, 1.54) is 0 Å². The largest absolute Gasteiger partial charge is 0.324 e. The van der Waals surface area contributed by atoms with Crippen LogP contribution in [0.25, 0.3) is 39.4 Å². The molecule has 0 saturated heterocycles. The van der Waals surface area contributed by atoms with Crippen LogP contribution >= 0.6 is 0 Å². The number of fused-ring (bicyclic) bond motifs is 3. The van der Waals surface area contributed by atoms with Gasteiger partial charge in [-0.25, -0.2) is 15.0 Å². The summed E-state index contributed by atoms with van der Waals surface area (Å²) in [6.45, 7) is 0. The monoisotopic (exact) mass is 592 g/mol. The van der Waals surface area contributed by atoms with Gasteiger partial charge in [0, 0.05) is 33.2 Å². The number of nitrogens with one attached hydrogen (secondary N) is 3. The van der Waals surface area contributed by atoms with Gasteiger partial charge in [-0.2, -0.15) is 0 Å². The van der Waals surface area contributed by atoms with E-state index in [-0.39, 0.29) is 11.4 Å². The van der Waals surface area contributed by atoms with Crippen LogP contribution < -0.4 is 5.32 Å². The van der Waals surface area contributed by atoms with Gasteiger partial charge in [0.15, 0.2) is 6.17 Å². The van der Waals surface area contributed by atoms with Crippen molar-refractivity contribution in [1.29, 1.82) is 10.8 Å². The lowest BCUT2D eigenvalue weighted by Crippen LogP contribution is -2.36. The molecular formula is C40H28N6. The van der Waals surface area contributed by atoms with E-state index < -0.39 is 6.17 Å². The Bertz CT molecular complexity index is 2230. The second-order valence-corrected chi connectivity index (χ2v) is 11.3. The fourth-order valence-electron chi connectivity index (χ4n) is 6.03. The van der Waals surface area contributed by atoms with Crippen LogP contribution in [0.5, 0.6) is 0 Å². The highest BCUT2D eigenvalue weighted by atomic mass is 15.2. The molecule has 1 aliphatic heterocycles. The van der Waals surface area contributed by atoms with Crippen molar-refractivity contribution in [2.24, 2.45) is 9.98 Å². The first kappa shape index (κ1) is 27.3. The SMILES string of the molecule is N=C1C=Cc2c(-c3ccccc3)nc3cc(C4=NC(c5ccc(-c6ccccc6)cc5)N=C(c5ccccc5)N4)ccc3c2C1=N.